The molecule has 0 N–H and O–H groups in total. The Morgan fingerprint density at radius 3 is 2.32 bits per heavy atom. The lowest BCUT2D eigenvalue weighted by atomic mass is 9.97. The number of rotatable bonds is 6. The number of ether oxygens (including phenoxy) is 3. The van der Waals surface area contributed by atoms with Crippen molar-refractivity contribution in [3.63, 3.8) is 0 Å². The van der Waals surface area contributed by atoms with E-state index in [0.717, 1.165) is 6.42 Å². The van der Waals surface area contributed by atoms with Crippen LogP contribution < -0.4 is 14.9 Å². The van der Waals surface area contributed by atoms with E-state index in [4.69, 9.17) is 18.6 Å². The summed E-state index contributed by atoms with van der Waals surface area (Å²) in [6, 6.07) is 10.8. The van der Waals surface area contributed by atoms with Crippen LogP contribution in [0.25, 0.3) is 11.0 Å². The van der Waals surface area contributed by atoms with Crippen molar-refractivity contribution in [3.8, 4) is 17.2 Å². The molecule has 0 aliphatic rings. The minimum absolute atomic E-state index is 0.00625. The van der Waals surface area contributed by atoms with Gasteiger partial charge in [-0.15, -0.1) is 0 Å². The zero-order valence-electron chi connectivity index (χ0n) is 17.9. The van der Waals surface area contributed by atoms with Crippen LogP contribution in [0.3, 0.4) is 0 Å². The van der Waals surface area contributed by atoms with E-state index >= 15 is 0 Å². The van der Waals surface area contributed by atoms with Gasteiger partial charge in [0.15, 0.2) is 0 Å². The number of carbonyl (C=O) groups is 2. The Balaban J connectivity index is 1.78. The van der Waals surface area contributed by atoms with Crippen LogP contribution >= 0.6 is 0 Å². The van der Waals surface area contributed by atoms with Crippen LogP contribution in [0.15, 0.2) is 57.9 Å². The van der Waals surface area contributed by atoms with Crippen molar-refractivity contribution in [2.75, 3.05) is 6.61 Å². The van der Waals surface area contributed by atoms with Crippen molar-refractivity contribution >= 4 is 22.9 Å². The molecule has 0 fully saturated rings. The van der Waals surface area contributed by atoms with E-state index in [1.807, 2.05) is 6.92 Å². The summed E-state index contributed by atoms with van der Waals surface area (Å²) < 4.78 is 21.6. The number of hydrogen-bond donors (Lipinski definition) is 0. The van der Waals surface area contributed by atoms with E-state index in [1.165, 1.54) is 24.5 Å². The monoisotopic (exact) mass is 424 g/mol. The van der Waals surface area contributed by atoms with Crippen molar-refractivity contribution in [2.24, 2.45) is 5.41 Å². The summed E-state index contributed by atoms with van der Waals surface area (Å²) in [5.41, 5.74) is -0.369. The summed E-state index contributed by atoms with van der Waals surface area (Å²) in [5.74, 6) is -0.157. The van der Waals surface area contributed by atoms with Crippen molar-refractivity contribution in [3.05, 3.63) is 64.5 Å². The molecule has 0 aliphatic heterocycles. The fourth-order valence-corrected chi connectivity index (χ4v) is 2.55. The van der Waals surface area contributed by atoms with Crippen LogP contribution in [0, 0.1) is 5.41 Å². The van der Waals surface area contributed by atoms with Gasteiger partial charge in [0, 0.05) is 6.07 Å². The number of carbonyl (C=O) groups excluding carboxylic acids is 2. The number of hydrogen-bond acceptors (Lipinski definition) is 7. The molecule has 0 atom stereocenters. The number of esters is 2. The van der Waals surface area contributed by atoms with E-state index in [-0.39, 0.29) is 27.9 Å². The highest BCUT2D eigenvalue weighted by atomic mass is 16.5. The predicted molar refractivity (Wildman–Crippen MR) is 115 cm³/mol. The van der Waals surface area contributed by atoms with Gasteiger partial charge in [-0.2, -0.15) is 0 Å². The summed E-state index contributed by atoms with van der Waals surface area (Å²) >= 11 is 0. The predicted octanol–water partition coefficient (Wildman–Crippen LogP) is 5.10. The van der Waals surface area contributed by atoms with Gasteiger partial charge in [-0.3, -0.25) is 9.59 Å². The molecule has 7 heteroatoms. The number of fused-ring (bicyclic) bond motifs is 1. The quantitative estimate of drug-likeness (QED) is 0.401. The minimum Gasteiger partial charge on any atom is -0.462 e. The summed E-state index contributed by atoms with van der Waals surface area (Å²) in [6.45, 7) is 7.52. The first-order valence-electron chi connectivity index (χ1n) is 9.92. The maximum absolute atomic E-state index is 12.8. The van der Waals surface area contributed by atoms with Gasteiger partial charge in [0.1, 0.15) is 23.3 Å². The van der Waals surface area contributed by atoms with Crippen molar-refractivity contribution in [2.45, 2.75) is 34.1 Å². The normalized spacial score (nSPS) is 11.2. The summed E-state index contributed by atoms with van der Waals surface area (Å²) in [5, 5.41) is 0.285. The van der Waals surface area contributed by atoms with E-state index in [1.54, 1.807) is 45.0 Å². The third-order valence-corrected chi connectivity index (χ3v) is 4.29. The van der Waals surface area contributed by atoms with Crippen LogP contribution in [-0.4, -0.2) is 18.5 Å². The van der Waals surface area contributed by atoms with E-state index in [2.05, 4.69) is 0 Å². The largest absolute Gasteiger partial charge is 0.462 e. The first kappa shape index (κ1) is 22.1. The topological polar surface area (TPSA) is 92.0 Å². The third kappa shape index (κ3) is 5.31. The van der Waals surface area contributed by atoms with Gasteiger partial charge >= 0.3 is 11.9 Å². The fourth-order valence-electron chi connectivity index (χ4n) is 2.55. The average Bonchev–Trinajstić information content (AvgIpc) is 2.74. The lowest BCUT2D eigenvalue weighted by Crippen LogP contribution is -2.25. The molecular formula is C24H24O7. The van der Waals surface area contributed by atoms with Crippen molar-refractivity contribution in [1.82, 2.24) is 0 Å². The van der Waals surface area contributed by atoms with Crippen LogP contribution in [0.2, 0.25) is 0 Å². The standard InChI is InChI=1S/C24H24O7/c1-5-12-28-22(26)15-6-8-16(9-7-15)30-20-14-29-19-13-17(10-11-18(19)21(20)25)31-23(27)24(2,3)4/h6-11,13-14H,5,12H2,1-4H3. The van der Waals surface area contributed by atoms with Gasteiger partial charge in [-0.1, -0.05) is 6.92 Å². The van der Waals surface area contributed by atoms with Gasteiger partial charge in [-0.25, -0.2) is 4.79 Å². The molecule has 1 heterocycles. The Hall–Kier alpha value is -3.61. The van der Waals surface area contributed by atoms with E-state index in [0.29, 0.717) is 17.9 Å². The first-order chi connectivity index (χ1) is 14.7. The molecular weight excluding hydrogens is 400 g/mol. The highest BCUT2D eigenvalue weighted by molar-refractivity contribution is 5.89. The smallest absolute Gasteiger partial charge is 0.338 e. The van der Waals surface area contributed by atoms with Crippen LogP contribution in [0.5, 0.6) is 17.2 Å². The lowest BCUT2D eigenvalue weighted by molar-refractivity contribution is -0.142. The zero-order valence-corrected chi connectivity index (χ0v) is 17.9. The number of benzene rings is 2. The highest BCUT2D eigenvalue weighted by Gasteiger charge is 2.24. The van der Waals surface area contributed by atoms with Crippen LogP contribution in [-0.2, 0) is 9.53 Å². The lowest BCUT2D eigenvalue weighted by Gasteiger charge is -2.16. The maximum atomic E-state index is 12.8. The third-order valence-electron chi connectivity index (χ3n) is 4.29. The van der Waals surface area contributed by atoms with Gasteiger partial charge in [0.05, 0.1) is 23.0 Å². The molecule has 0 saturated heterocycles. The highest BCUT2D eigenvalue weighted by Crippen LogP contribution is 2.26. The fraction of sp³-hybridized carbons (Fsp3) is 0.292. The zero-order chi connectivity index (χ0) is 22.6. The molecule has 0 saturated carbocycles. The molecule has 0 spiro atoms. The SMILES string of the molecule is CCCOC(=O)c1ccc(Oc2coc3cc(OC(=O)C(C)(C)C)ccc3c2=O)cc1. The van der Waals surface area contributed by atoms with Gasteiger partial charge in [-0.05, 0) is 63.6 Å². The van der Waals surface area contributed by atoms with Crippen molar-refractivity contribution in [1.29, 1.82) is 0 Å². The second-order valence-corrected chi connectivity index (χ2v) is 7.99. The Kier molecular flexibility index (Phi) is 6.44. The molecule has 0 unspecified atom stereocenters. The maximum Gasteiger partial charge on any atom is 0.338 e. The first-order valence-corrected chi connectivity index (χ1v) is 9.92. The Morgan fingerprint density at radius 1 is 1.00 bits per heavy atom. The Morgan fingerprint density at radius 2 is 1.68 bits per heavy atom. The molecule has 0 radical (unpaired) electrons. The summed E-state index contributed by atoms with van der Waals surface area (Å²) in [6.07, 6.45) is 1.94. The van der Waals surface area contributed by atoms with E-state index < -0.39 is 17.4 Å². The Labute approximate surface area is 179 Å². The second kappa shape index (κ2) is 9.04. The van der Waals surface area contributed by atoms with Gasteiger partial charge < -0.3 is 18.6 Å². The summed E-state index contributed by atoms with van der Waals surface area (Å²) in [4.78, 5) is 36.7. The second-order valence-electron chi connectivity index (χ2n) is 7.99. The van der Waals surface area contributed by atoms with Crippen LogP contribution in [0.1, 0.15) is 44.5 Å². The molecule has 3 aromatic rings. The molecule has 31 heavy (non-hydrogen) atoms. The molecule has 1 aromatic heterocycles. The van der Waals surface area contributed by atoms with Crippen molar-refractivity contribution < 1.29 is 28.2 Å². The van der Waals surface area contributed by atoms with E-state index in [9.17, 15) is 14.4 Å². The van der Waals surface area contributed by atoms with Gasteiger partial charge in [0.2, 0.25) is 11.2 Å². The minimum atomic E-state index is -0.657. The summed E-state index contributed by atoms with van der Waals surface area (Å²) in [7, 11) is 0. The molecule has 0 amide bonds. The Bertz CT molecular complexity index is 1150. The average molecular weight is 424 g/mol. The van der Waals surface area contributed by atoms with Gasteiger partial charge in [0.25, 0.3) is 0 Å². The molecule has 0 aliphatic carbocycles. The molecule has 7 nitrogen and oxygen atoms in total. The molecule has 2 aromatic carbocycles. The molecule has 0 bridgehead atoms. The molecule has 162 valence electrons. The molecule has 3 rings (SSSR count). The van der Waals surface area contributed by atoms with Crippen LogP contribution in [0.4, 0.5) is 0 Å².